The first-order valence-electron chi connectivity index (χ1n) is 6.78. The lowest BCUT2D eigenvalue weighted by Gasteiger charge is -2.09. The van der Waals surface area contributed by atoms with Gasteiger partial charge in [-0.2, -0.15) is 0 Å². The number of carbonyl (C=O) groups is 1. The molecule has 7 heteroatoms. The molecule has 5 nitrogen and oxygen atoms in total. The van der Waals surface area contributed by atoms with Crippen LogP contribution in [0.3, 0.4) is 0 Å². The highest BCUT2D eigenvalue weighted by atomic mass is 32.1. The normalized spacial score (nSPS) is 10.7. The summed E-state index contributed by atoms with van der Waals surface area (Å²) in [6.07, 6.45) is 0. The molecule has 116 valence electrons. The van der Waals surface area contributed by atoms with Crippen molar-refractivity contribution < 1.29 is 9.18 Å². The first-order chi connectivity index (χ1) is 11.0. The zero-order chi connectivity index (χ0) is 16.6. The van der Waals surface area contributed by atoms with E-state index in [-0.39, 0.29) is 16.2 Å². The Balaban J connectivity index is 2.26. The molecule has 0 aliphatic rings. The Bertz CT molecular complexity index is 1020. The molecule has 0 radical (unpaired) electrons. The molecule has 0 saturated heterocycles. The van der Waals surface area contributed by atoms with Crippen LogP contribution in [0.2, 0.25) is 0 Å². The van der Waals surface area contributed by atoms with Crippen LogP contribution in [0, 0.1) is 10.6 Å². The van der Waals surface area contributed by atoms with Crippen molar-refractivity contribution in [3.8, 4) is 5.69 Å². The maximum Gasteiger partial charge on any atom is 0.266 e. The van der Waals surface area contributed by atoms with E-state index in [1.165, 1.54) is 35.8 Å². The number of hydrogen-bond acceptors (Lipinski definition) is 3. The van der Waals surface area contributed by atoms with Gasteiger partial charge in [-0.25, -0.2) is 4.39 Å². The minimum Gasteiger partial charge on any atom is -0.331 e. The third-order valence-corrected chi connectivity index (χ3v) is 3.59. The Kier molecular flexibility index (Phi) is 3.79. The van der Waals surface area contributed by atoms with Gasteiger partial charge in [0.1, 0.15) is 5.82 Å². The van der Waals surface area contributed by atoms with E-state index in [2.05, 4.69) is 10.3 Å². The van der Waals surface area contributed by atoms with E-state index in [1.807, 2.05) is 0 Å². The van der Waals surface area contributed by atoms with Gasteiger partial charge in [0, 0.05) is 12.6 Å². The molecular formula is C16H12FN3O2S. The molecule has 2 N–H and O–H groups in total. The minimum atomic E-state index is -0.398. The van der Waals surface area contributed by atoms with Gasteiger partial charge in [0.2, 0.25) is 5.91 Å². The van der Waals surface area contributed by atoms with E-state index in [4.69, 9.17) is 12.2 Å². The van der Waals surface area contributed by atoms with Gasteiger partial charge >= 0.3 is 0 Å². The van der Waals surface area contributed by atoms with Crippen molar-refractivity contribution in [2.24, 2.45) is 0 Å². The van der Waals surface area contributed by atoms with E-state index in [1.54, 1.807) is 18.2 Å². The molecule has 2 aromatic carbocycles. The second-order valence-corrected chi connectivity index (χ2v) is 5.38. The summed E-state index contributed by atoms with van der Waals surface area (Å²) in [4.78, 5) is 26.9. The van der Waals surface area contributed by atoms with E-state index >= 15 is 0 Å². The summed E-state index contributed by atoms with van der Waals surface area (Å²) in [6.45, 7) is 1.39. The molecule has 0 aliphatic heterocycles. The summed E-state index contributed by atoms with van der Waals surface area (Å²) in [5.74, 6) is -0.627. The predicted octanol–water partition coefficient (Wildman–Crippen LogP) is 3.15. The summed E-state index contributed by atoms with van der Waals surface area (Å²) in [7, 11) is 0. The van der Waals surface area contributed by atoms with Crippen molar-refractivity contribution in [2.75, 3.05) is 5.32 Å². The molecule has 0 fully saturated rings. The smallest absolute Gasteiger partial charge is 0.266 e. The number of rotatable bonds is 2. The largest absolute Gasteiger partial charge is 0.331 e. The van der Waals surface area contributed by atoms with Crippen LogP contribution in [0.15, 0.2) is 47.3 Å². The second-order valence-electron chi connectivity index (χ2n) is 4.99. The standard InChI is InChI=1S/C16H12FN3O2S/c1-9(21)18-11-4-7-14-13(8-11)15(22)20(16(23)19-14)12-5-2-10(17)3-6-12/h2-8H,1H3,(H,18,21)(H,19,23). The monoisotopic (exact) mass is 329 g/mol. The molecular weight excluding hydrogens is 317 g/mol. The molecule has 0 spiro atoms. The summed E-state index contributed by atoms with van der Waals surface area (Å²) in [5.41, 5.74) is 1.19. The Morgan fingerprint density at radius 1 is 1.22 bits per heavy atom. The number of H-pyrrole nitrogens is 1. The van der Waals surface area contributed by atoms with Gasteiger partial charge in [0.25, 0.3) is 5.56 Å². The maximum atomic E-state index is 13.1. The zero-order valence-corrected chi connectivity index (χ0v) is 12.9. The van der Waals surface area contributed by atoms with Gasteiger partial charge in [-0.3, -0.25) is 14.2 Å². The van der Waals surface area contributed by atoms with Crippen LogP contribution in [0.25, 0.3) is 16.6 Å². The third-order valence-electron chi connectivity index (χ3n) is 3.30. The van der Waals surface area contributed by atoms with Crippen LogP contribution in [0.5, 0.6) is 0 Å². The van der Waals surface area contributed by atoms with Crippen LogP contribution >= 0.6 is 12.2 Å². The van der Waals surface area contributed by atoms with Crippen molar-refractivity contribution in [3.05, 3.63) is 63.4 Å². The molecule has 1 amide bonds. The highest BCUT2D eigenvalue weighted by molar-refractivity contribution is 7.71. The summed E-state index contributed by atoms with van der Waals surface area (Å²) in [5, 5.41) is 3.00. The first-order valence-corrected chi connectivity index (χ1v) is 7.19. The van der Waals surface area contributed by atoms with Gasteiger partial charge in [-0.05, 0) is 54.7 Å². The van der Waals surface area contributed by atoms with Crippen molar-refractivity contribution in [1.82, 2.24) is 9.55 Å². The third kappa shape index (κ3) is 2.91. The topological polar surface area (TPSA) is 66.9 Å². The number of anilines is 1. The van der Waals surface area contributed by atoms with Gasteiger partial charge in [-0.1, -0.05) is 0 Å². The van der Waals surface area contributed by atoms with Crippen molar-refractivity contribution in [3.63, 3.8) is 0 Å². The number of aromatic nitrogens is 2. The minimum absolute atomic E-state index is 0.210. The molecule has 0 unspecified atom stereocenters. The first kappa shape index (κ1) is 15.1. The van der Waals surface area contributed by atoms with Gasteiger partial charge < -0.3 is 10.3 Å². The molecule has 0 atom stereocenters. The average molecular weight is 329 g/mol. The summed E-state index contributed by atoms with van der Waals surface area (Å²) in [6, 6.07) is 10.4. The highest BCUT2D eigenvalue weighted by Crippen LogP contribution is 2.16. The Hall–Kier alpha value is -2.80. The van der Waals surface area contributed by atoms with Crippen LogP contribution in [-0.4, -0.2) is 15.5 Å². The summed E-state index contributed by atoms with van der Waals surface area (Å²) >= 11 is 5.23. The fourth-order valence-electron chi connectivity index (χ4n) is 2.32. The molecule has 3 rings (SSSR count). The number of nitrogens with one attached hydrogen (secondary N) is 2. The quantitative estimate of drug-likeness (QED) is 0.710. The van der Waals surface area contributed by atoms with Crippen LogP contribution in [0.4, 0.5) is 10.1 Å². The average Bonchev–Trinajstić information content (AvgIpc) is 2.49. The van der Waals surface area contributed by atoms with Gasteiger partial charge in [0.15, 0.2) is 4.77 Å². The molecule has 0 saturated carbocycles. The molecule has 1 aromatic heterocycles. The number of carbonyl (C=O) groups excluding carboxylic acids is 1. The van der Waals surface area contributed by atoms with E-state index in [9.17, 15) is 14.0 Å². The van der Waals surface area contributed by atoms with Gasteiger partial charge in [-0.15, -0.1) is 0 Å². The molecule has 23 heavy (non-hydrogen) atoms. The molecule has 1 heterocycles. The van der Waals surface area contributed by atoms with E-state index in [0.717, 1.165) is 0 Å². The SMILES string of the molecule is CC(=O)Nc1ccc2[nH]c(=S)n(-c3ccc(F)cc3)c(=O)c2c1. The fraction of sp³-hybridized carbons (Fsp3) is 0.0625. The zero-order valence-electron chi connectivity index (χ0n) is 12.1. The number of fused-ring (bicyclic) bond motifs is 1. The maximum absolute atomic E-state index is 13.1. The fourth-order valence-corrected chi connectivity index (χ4v) is 2.62. The Labute approximate surface area is 135 Å². The molecule has 0 bridgehead atoms. The number of nitrogens with zero attached hydrogens (tertiary/aromatic N) is 1. The van der Waals surface area contributed by atoms with E-state index < -0.39 is 5.82 Å². The van der Waals surface area contributed by atoms with Crippen LogP contribution < -0.4 is 10.9 Å². The predicted molar refractivity (Wildman–Crippen MR) is 89.0 cm³/mol. The number of amides is 1. The lowest BCUT2D eigenvalue weighted by Crippen LogP contribution is -2.20. The Morgan fingerprint density at radius 2 is 1.91 bits per heavy atom. The molecule has 0 aliphatic carbocycles. The van der Waals surface area contributed by atoms with Crippen LogP contribution in [-0.2, 0) is 4.79 Å². The van der Waals surface area contributed by atoms with Crippen molar-refractivity contribution in [1.29, 1.82) is 0 Å². The van der Waals surface area contributed by atoms with Crippen LogP contribution in [0.1, 0.15) is 6.92 Å². The number of benzene rings is 2. The lowest BCUT2D eigenvalue weighted by molar-refractivity contribution is -0.114. The van der Waals surface area contributed by atoms with Crippen molar-refractivity contribution >= 4 is 34.7 Å². The summed E-state index contributed by atoms with van der Waals surface area (Å²) < 4.78 is 14.6. The number of aromatic amines is 1. The van der Waals surface area contributed by atoms with Crippen molar-refractivity contribution in [2.45, 2.75) is 6.92 Å². The highest BCUT2D eigenvalue weighted by Gasteiger charge is 2.09. The second kappa shape index (κ2) is 5.77. The lowest BCUT2D eigenvalue weighted by atomic mass is 10.2. The number of hydrogen-bond donors (Lipinski definition) is 2. The Morgan fingerprint density at radius 3 is 2.57 bits per heavy atom. The van der Waals surface area contributed by atoms with Gasteiger partial charge in [0.05, 0.1) is 16.6 Å². The number of halogens is 1. The van der Waals surface area contributed by atoms with E-state index in [0.29, 0.717) is 22.3 Å². The molecule has 3 aromatic rings.